The van der Waals surface area contributed by atoms with E-state index < -0.39 is 34.1 Å². The maximum absolute atomic E-state index is 13.3. The Morgan fingerprint density at radius 1 is 1.03 bits per heavy atom. The van der Waals surface area contributed by atoms with Crippen LogP contribution in [0.25, 0.3) is 0 Å². The normalized spacial score (nSPS) is 13.0. The molecular formula is C24H31Cl2N3O4S. The average Bonchev–Trinajstić information content (AvgIpc) is 2.72. The van der Waals surface area contributed by atoms with Gasteiger partial charge in [0.1, 0.15) is 6.04 Å². The molecule has 0 aliphatic carbocycles. The van der Waals surface area contributed by atoms with Crippen LogP contribution in [0.3, 0.4) is 0 Å². The maximum Gasteiger partial charge on any atom is 0.243 e. The fraction of sp³-hybridized carbons (Fsp3) is 0.417. The standard InChI is InChI=1S/C24H31Cl2N3O4S/c1-16-7-10-19(11-8-16)34(32,33)28(6)15-22(30)29(17(2)23(31)27-24(3,4)5)14-18-9-12-20(25)21(26)13-18/h7-13,17H,14-15H2,1-6H3,(H,27,31). The molecule has 0 radical (unpaired) electrons. The summed E-state index contributed by atoms with van der Waals surface area (Å²) in [5.41, 5.74) is 1.07. The lowest BCUT2D eigenvalue weighted by Crippen LogP contribution is -2.54. The number of amides is 2. The molecule has 0 bridgehead atoms. The third-order valence-corrected chi connectivity index (χ3v) is 7.65. The van der Waals surface area contributed by atoms with Crippen molar-refractivity contribution in [3.05, 3.63) is 63.6 Å². The predicted octanol–water partition coefficient (Wildman–Crippen LogP) is 4.25. The van der Waals surface area contributed by atoms with Crippen molar-refractivity contribution < 1.29 is 18.0 Å². The van der Waals surface area contributed by atoms with Crippen molar-refractivity contribution in [2.75, 3.05) is 13.6 Å². The summed E-state index contributed by atoms with van der Waals surface area (Å²) >= 11 is 12.1. The first-order chi connectivity index (χ1) is 15.6. The highest BCUT2D eigenvalue weighted by Gasteiger charge is 2.31. The van der Waals surface area contributed by atoms with Crippen LogP contribution in [0.2, 0.25) is 10.0 Å². The summed E-state index contributed by atoms with van der Waals surface area (Å²) in [5, 5.41) is 3.55. The first-order valence-corrected chi connectivity index (χ1v) is 12.9. The molecule has 7 nitrogen and oxygen atoms in total. The van der Waals surface area contributed by atoms with Gasteiger partial charge in [0.25, 0.3) is 0 Å². The Labute approximate surface area is 212 Å². The minimum atomic E-state index is -3.90. The summed E-state index contributed by atoms with van der Waals surface area (Å²) in [4.78, 5) is 27.6. The third-order valence-electron chi connectivity index (χ3n) is 5.09. The van der Waals surface area contributed by atoms with Crippen molar-refractivity contribution in [2.24, 2.45) is 0 Å². The van der Waals surface area contributed by atoms with Gasteiger partial charge in [0.2, 0.25) is 21.8 Å². The topological polar surface area (TPSA) is 86.8 Å². The van der Waals surface area contributed by atoms with E-state index in [4.69, 9.17) is 23.2 Å². The lowest BCUT2D eigenvalue weighted by molar-refractivity contribution is -0.141. The number of hydrogen-bond donors (Lipinski definition) is 1. The average molecular weight is 529 g/mol. The Morgan fingerprint density at radius 3 is 2.15 bits per heavy atom. The summed E-state index contributed by atoms with van der Waals surface area (Å²) in [5.74, 6) is -0.884. The number of likely N-dealkylation sites (N-methyl/N-ethyl adjacent to an activating group) is 1. The molecule has 0 saturated carbocycles. The first kappa shape index (κ1) is 28.1. The lowest BCUT2D eigenvalue weighted by atomic mass is 10.1. The van der Waals surface area contributed by atoms with Crippen molar-refractivity contribution >= 4 is 45.0 Å². The minimum Gasteiger partial charge on any atom is -0.350 e. The zero-order valence-electron chi connectivity index (χ0n) is 20.2. The number of rotatable bonds is 8. The molecule has 10 heteroatoms. The molecule has 0 aliphatic rings. The van der Waals surface area contributed by atoms with Crippen LogP contribution in [0.5, 0.6) is 0 Å². The molecule has 1 unspecified atom stereocenters. The number of nitrogens with one attached hydrogen (secondary N) is 1. The largest absolute Gasteiger partial charge is 0.350 e. The second kappa shape index (κ2) is 11.1. The van der Waals surface area contributed by atoms with E-state index in [9.17, 15) is 18.0 Å². The molecule has 0 spiro atoms. The maximum atomic E-state index is 13.3. The van der Waals surface area contributed by atoms with Crippen LogP contribution in [0.4, 0.5) is 0 Å². The molecule has 2 aromatic rings. The molecule has 0 fully saturated rings. The van der Waals surface area contributed by atoms with Crippen LogP contribution in [-0.4, -0.2) is 54.6 Å². The SMILES string of the molecule is Cc1ccc(S(=O)(=O)N(C)CC(=O)N(Cc2ccc(Cl)c(Cl)c2)C(C)C(=O)NC(C)(C)C)cc1. The second-order valence-corrected chi connectivity index (χ2v) is 12.1. The van der Waals surface area contributed by atoms with E-state index in [-0.39, 0.29) is 17.3 Å². The van der Waals surface area contributed by atoms with Crippen molar-refractivity contribution in [1.82, 2.24) is 14.5 Å². The van der Waals surface area contributed by atoms with Crippen molar-refractivity contribution in [3.8, 4) is 0 Å². The van der Waals surface area contributed by atoms with Gasteiger partial charge in [-0.05, 0) is 64.4 Å². The van der Waals surface area contributed by atoms with Crippen LogP contribution in [-0.2, 0) is 26.2 Å². The molecular weight excluding hydrogens is 497 g/mol. The number of carbonyl (C=O) groups excluding carboxylic acids is 2. The number of sulfonamides is 1. The van der Waals surface area contributed by atoms with Crippen LogP contribution in [0.1, 0.15) is 38.8 Å². The van der Waals surface area contributed by atoms with E-state index in [2.05, 4.69) is 5.32 Å². The molecule has 2 aromatic carbocycles. The molecule has 0 aromatic heterocycles. The summed E-state index contributed by atoms with van der Waals surface area (Å²) in [6.07, 6.45) is 0. The Morgan fingerprint density at radius 2 is 1.62 bits per heavy atom. The molecule has 1 N–H and O–H groups in total. The van der Waals surface area contributed by atoms with E-state index in [1.54, 1.807) is 37.3 Å². The van der Waals surface area contributed by atoms with Crippen LogP contribution >= 0.6 is 23.2 Å². The molecule has 0 aliphatic heterocycles. The number of aryl methyl sites for hydroxylation is 1. The van der Waals surface area contributed by atoms with E-state index in [0.717, 1.165) is 9.87 Å². The number of hydrogen-bond acceptors (Lipinski definition) is 4. The van der Waals surface area contributed by atoms with Gasteiger partial charge < -0.3 is 10.2 Å². The van der Waals surface area contributed by atoms with Crippen molar-refractivity contribution in [3.63, 3.8) is 0 Å². The monoisotopic (exact) mass is 527 g/mol. The summed E-state index contributed by atoms with van der Waals surface area (Å²) < 4.78 is 26.9. The molecule has 1 atom stereocenters. The van der Waals surface area contributed by atoms with Gasteiger partial charge in [0.15, 0.2) is 0 Å². The zero-order chi connectivity index (χ0) is 25.8. The van der Waals surface area contributed by atoms with Crippen LogP contribution < -0.4 is 5.32 Å². The van der Waals surface area contributed by atoms with Gasteiger partial charge in [-0.1, -0.05) is 47.0 Å². The van der Waals surface area contributed by atoms with Crippen LogP contribution in [0.15, 0.2) is 47.4 Å². The molecule has 186 valence electrons. The highest BCUT2D eigenvalue weighted by molar-refractivity contribution is 7.89. The van der Waals surface area contributed by atoms with Gasteiger partial charge in [-0.2, -0.15) is 4.31 Å². The molecule has 0 heterocycles. The smallest absolute Gasteiger partial charge is 0.243 e. The Balaban J connectivity index is 2.32. The fourth-order valence-electron chi connectivity index (χ4n) is 3.15. The number of nitrogens with zero attached hydrogens (tertiary/aromatic N) is 2. The number of carbonyl (C=O) groups is 2. The molecule has 34 heavy (non-hydrogen) atoms. The van der Waals surface area contributed by atoms with E-state index >= 15 is 0 Å². The first-order valence-electron chi connectivity index (χ1n) is 10.7. The van der Waals surface area contributed by atoms with Gasteiger partial charge >= 0.3 is 0 Å². The van der Waals surface area contributed by atoms with Gasteiger partial charge in [0, 0.05) is 19.1 Å². The molecule has 0 saturated heterocycles. The highest BCUT2D eigenvalue weighted by atomic mass is 35.5. The number of halogens is 2. The predicted molar refractivity (Wildman–Crippen MR) is 135 cm³/mol. The zero-order valence-corrected chi connectivity index (χ0v) is 22.6. The van der Waals surface area contributed by atoms with E-state index in [0.29, 0.717) is 15.6 Å². The third kappa shape index (κ3) is 7.43. The fourth-order valence-corrected chi connectivity index (χ4v) is 4.59. The Bertz CT molecular complexity index is 1150. The second-order valence-electron chi connectivity index (χ2n) is 9.26. The Hall–Kier alpha value is -2.13. The summed E-state index contributed by atoms with van der Waals surface area (Å²) in [6, 6.07) is 10.4. The number of benzene rings is 2. The Kier molecular flexibility index (Phi) is 9.16. The molecule has 2 rings (SSSR count). The van der Waals surface area contributed by atoms with Gasteiger partial charge in [-0.3, -0.25) is 9.59 Å². The minimum absolute atomic E-state index is 0.0485. The summed E-state index contributed by atoms with van der Waals surface area (Å²) in [6.45, 7) is 8.58. The lowest BCUT2D eigenvalue weighted by Gasteiger charge is -2.32. The quantitative estimate of drug-likeness (QED) is 0.555. The van der Waals surface area contributed by atoms with Crippen LogP contribution in [0, 0.1) is 6.92 Å². The van der Waals surface area contributed by atoms with E-state index in [1.165, 1.54) is 24.1 Å². The van der Waals surface area contributed by atoms with Gasteiger partial charge in [-0.15, -0.1) is 0 Å². The highest BCUT2D eigenvalue weighted by Crippen LogP contribution is 2.24. The van der Waals surface area contributed by atoms with Crippen molar-refractivity contribution in [2.45, 2.75) is 57.6 Å². The van der Waals surface area contributed by atoms with E-state index in [1.807, 2.05) is 27.7 Å². The van der Waals surface area contributed by atoms with Crippen molar-refractivity contribution in [1.29, 1.82) is 0 Å². The summed E-state index contributed by atoms with van der Waals surface area (Å²) in [7, 11) is -2.56. The molecule has 2 amide bonds. The van der Waals surface area contributed by atoms with Gasteiger partial charge in [-0.25, -0.2) is 8.42 Å². The van der Waals surface area contributed by atoms with Gasteiger partial charge in [0.05, 0.1) is 21.5 Å².